The van der Waals surface area contributed by atoms with E-state index in [0.29, 0.717) is 5.92 Å². The van der Waals surface area contributed by atoms with Crippen LogP contribution in [0.1, 0.15) is 28.9 Å². The van der Waals surface area contributed by atoms with E-state index < -0.39 is 0 Å². The van der Waals surface area contributed by atoms with Crippen LogP contribution in [0.25, 0.3) is 11.1 Å². The maximum atomic E-state index is 12.4. The molecule has 0 saturated carbocycles. The van der Waals surface area contributed by atoms with Crippen LogP contribution in [0.3, 0.4) is 0 Å². The molecule has 116 valence electrons. The van der Waals surface area contributed by atoms with Gasteiger partial charge in [0.2, 0.25) is 0 Å². The van der Waals surface area contributed by atoms with Crippen molar-refractivity contribution < 1.29 is 4.79 Å². The van der Waals surface area contributed by atoms with E-state index in [9.17, 15) is 4.79 Å². The smallest absolute Gasteiger partial charge is 0.261 e. The fraction of sp³-hybridized carbons (Fsp3) is 0.389. The first kappa shape index (κ1) is 15.3. The summed E-state index contributed by atoms with van der Waals surface area (Å²) in [6, 6.07) is 12.1. The third-order valence-corrected chi connectivity index (χ3v) is 5.11. The molecule has 1 fully saturated rings. The Labute approximate surface area is 135 Å². The third-order valence-electron chi connectivity index (χ3n) is 4.19. The van der Waals surface area contributed by atoms with Gasteiger partial charge in [-0.25, -0.2) is 0 Å². The molecule has 0 radical (unpaired) electrons. The normalized spacial score (nSPS) is 18.1. The molecule has 2 aromatic rings. The van der Waals surface area contributed by atoms with Crippen LogP contribution in [-0.4, -0.2) is 25.5 Å². The quantitative estimate of drug-likeness (QED) is 0.886. The number of hydrogen-bond acceptors (Lipinski definition) is 3. The predicted molar refractivity (Wildman–Crippen MR) is 92.3 cm³/mol. The minimum absolute atomic E-state index is 0.0534. The number of amides is 1. The zero-order valence-corrected chi connectivity index (χ0v) is 13.5. The van der Waals surface area contributed by atoms with E-state index in [4.69, 9.17) is 0 Å². The lowest BCUT2D eigenvalue weighted by Crippen LogP contribution is -2.33. The maximum absolute atomic E-state index is 12.4. The van der Waals surface area contributed by atoms with Crippen LogP contribution in [0, 0.1) is 5.92 Å². The summed E-state index contributed by atoms with van der Waals surface area (Å²) < 4.78 is 0. The Kier molecular flexibility index (Phi) is 5.24. The summed E-state index contributed by atoms with van der Waals surface area (Å²) in [5.74, 6) is 0.753. The molecule has 1 amide bonds. The second kappa shape index (κ2) is 7.56. The van der Waals surface area contributed by atoms with Crippen LogP contribution in [0.15, 0.2) is 41.8 Å². The van der Waals surface area contributed by atoms with Gasteiger partial charge < -0.3 is 10.6 Å². The van der Waals surface area contributed by atoms with Crippen molar-refractivity contribution >= 4 is 17.2 Å². The van der Waals surface area contributed by atoms with Crippen molar-refractivity contribution in [1.29, 1.82) is 0 Å². The summed E-state index contributed by atoms with van der Waals surface area (Å²) in [7, 11) is 0. The number of nitrogens with one attached hydrogen (secondary N) is 2. The molecule has 1 saturated heterocycles. The number of carbonyl (C=O) groups is 1. The van der Waals surface area contributed by atoms with E-state index in [-0.39, 0.29) is 5.91 Å². The minimum atomic E-state index is 0.0534. The molecular weight excluding hydrogens is 292 g/mol. The standard InChI is InChI=1S/C18H22N2OS/c21-18(20-11-8-14-5-4-10-19-13-14)17-16(9-12-22-17)15-6-2-1-3-7-15/h1-3,6-7,9,12,14,19H,4-5,8,10-11,13H2,(H,20,21). The Bertz CT molecular complexity index is 603. The van der Waals surface area contributed by atoms with Gasteiger partial charge in [-0.3, -0.25) is 4.79 Å². The Morgan fingerprint density at radius 2 is 2.14 bits per heavy atom. The topological polar surface area (TPSA) is 41.1 Å². The summed E-state index contributed by atoms with van der Waals surface area (Å²) >= 11 is 1.51. The van der Waals surface area contributed by atoms with E-state index >= 15 is 0 Å². The van der Waals surface area contributed by atoms with Gasteiger partial charge in [0.05, 0.1) is 4.88 Å². The lowest BCUT2D eigenvalue weighted by atomic mass is 9.96. The molecule has 0 bridgehead atoms. The monoisotopic (exact) mass is 314 g/mol. The summed E-state index contributed by atoms with van der Waals surface area (Å²) in [5, 5.41) is 8.50. The maximum Gasteiger partial charge on any atom is 0.261 e. The lowest BCUT2D eigenvalue weighted by molar-refractivity contribution is 0.0955. The molecule has 3 nitrogen and oxygen atoms in total. The van der Waals surface area contributed by atoms with Crippen molar-refractivity contribution in [3.8, 4) is 11.1 Å². The number of piperidine rings is 1. The van der Waals surface area contributed by atoms with Gasteiger partial charge in [0.25, 0.3) is 5.91 Å². The Balaban J connectivity index is 1.58. The average Bonchev–Trinajstić information content (AvgIpc) is 3.06. The SMILES string of the molecule is O=C(NCCC1CCCNC1)c1sccc1-c1ccccc1. The van der Waals surface area contributed by atoms with Crippen LogP contribution >= 0.6 is 11.3 Å². The lowest BCUT2D eigenvalue weighted by Gasteiger charge is -2.22. The van der Waals surface area contributed by atoms with Gasteiger partial charge in [0.1, 0.15) is 0 Å². The van der Waals surface area contributed by atoms with E-state index in [0.717, 1.165) is 42.1 Å². The molecule has 3 rings (SSSR count). The van der Waals surface area contributed by atoms with Gasteiger partial charge in [-0.05, 0) is 55.3 Å². The van der Waals surface area contributed by atoms with Crippen molar-refractivity contribution in [3.05, 3.63) is 46.7 Å². The highest BCUT2D eigenvalue weighted by Gasteiger charge is 2.16. The van der Waals surface area contributed by atoms with E-state index in [1.807, 2.05) is 41.8 Å². The number of rotatable bonds is 5. The van der Waals surface area contributed by atoms with Gasteiger partial charge in [0.15, 0.2) is 0 Å². The van der Waals surface area contributed by atoms with Crippen LogP contribution < -0.4 is 10.6 Å². The Hall–Kier alpha value is -1.65. The molecule has 0 spiro atoms. The molecular formula is C18H22N2OS. The van der Waals surface area contributed by atoms with Crippen molar-refractivity contribution in [2.45, 2.75) is 19.3 Å². The zero-order chi connectivity index (χ0) is 15.2. The summed E-state index contributed by atoms with van der Waals surface area (Å²) in [6.07, 6.45) is 3.59. The first-order chi connectivity index (χ1) is 10.8. The number of thiophene rings is 1. The fourth-order valence-corrected chi connectivity index (χ4v) is 3.80. The zero-order valence-electron chi connectivity index (χ0n) is 12.7. The first-order valence-corrected chi connectivity index (χ1v) is 8.84. The molecule has 1 aromatic carbocycles. The van der Waals surface area contributed by atoms with Crippen molar-refractivity contribution in [3.63, 3.8) is 0 Å². The third kappa shape index (κ3) is 3.76. The van der Waals surface area contributed by atoms with Crippen LogP contribution in [0.2, 0.25) is 0 Å². The van der Waals surface area contributed by atoms with Crippen molar-refractivity contribution in [2.24, 2.45) is 5.92 Å². The molecule has 22 heavy (non-hydrogen) atoms. The number of carbonyl (C=O) groups excluding carboxylic acids is 1. The summed E-state index contributed by atoms with van der Waals surface area (Å²) in [4.78, 5) is 13.2. The molecule has 2 heterocycles. The predicted octanol–water partition coefficient (Wildman–Crippen LogP) is 3.53. The molecule has 1 unspecified atom stereocenters. The first-order valence-electron chi connectivity index (χ1n) is 7.96. The van der Waals surface area contributed by atoms with E-state index in [1.165, 1.54) is 24.2 Å². The highest BCUT2D eigenvalue weighted by atomic mass is 32.1. The summed E-state index contributed by atoms with van der Waals surface area (Å²) in [6.45, 7) is 2.99. The average molecular weight is 314 g/mol. The molecule has 1 aliphatic heterocycles. The van der Waals surface area contributed by atoms with Crippen molar-refractivity contribution in [1.82, 2.24) is 10.6 Å². The molecule has 1 aliphatic rings. The van der Waals surface area contributed by atoms with E-state index in [2.05, 4.69) is 10.6 Å². The number of benzene rings is 1. The highest BCUT2D eigenvalue weighted by molar-refractivity contribution is 7.12. The van der Waals surface area contributed by atoms with Gasteiger partial charge in [-0.15, -0.1) is 11.3 Å². The second-order valence-corrected chi connectivity index (χ2v) is 6.70. The van der Waals surface area contributed by atoms with Crippen LogP contribution in [0.4, 0.5) is 0 Å². The highest BCUT2D eigenvalue weighted by Crippen LogP contribution is 2.28. The molecule has 2 N–H and O–H groups in total. The summed E-state index contributed by atoms with van der Waals surface area (Å²) in [5.41, 5.74) is 2.13. The van der Waals surface area contributed by atoms with Gasteiger partial charge in [0, 0.05) is 12.1 Å². The number of hydrogen-bond donors (Lipinski definition) is 2. The van der Waals surface area contributed by atoms with Crippen LogP contribution in [-0.2, 0) is 0 Å². The van der Waals surface area contributed by atoms with Crippen LogP contribution in [0.5, 0.6) is 0 Å². The van der Waals surface area contributed by atoms with Gasteiger partial charge in [-0.2, -0.15) is 0 Å². The Morgan fingerprint density at radius 1 is 1.27 bits per heavy atom. The van der Waals surface area contributed by atoms with Gasteiger partial charge in [-0.1, -0.05) is 30.3 Å². The fourth-order valence-electron chi connectivity index (χ4n) is 2.97. The largest absolute Gasteiger partial charge is 0.351 e. The Morgan fingerprint density at radius 3 is 2.91 bits per heavy atom. The molecule has 4 heteroatoms. The molecule has 1 atom stereocenters. The van der Waals surface area contributed by atoms with Crippen molar-refractivity contribution in [2.75, 3.05) is 19.6 Å². The van der Waals surface area contributed by atoms with E-state index in [1.54, 1.807) is 0 Å². The molecule has 1 aromatic heterocycles. The minimum Gasteiger partial charge on any atom is -0.351 e. The second-order valence-electron chi connectivity index (χ2n) is 5.79. The molecule has 0 aliphatic carbocycles. The van der Waals surface area contributed by atoms with Gasteiger partial charge >= 0.3 is 0 Å².